The quantitative estimate of drug-likeness (QED) is 0.138. The van der Waals surface area contributed by atoms with E-state index in [1.54, 1.807) is 25.3 Å². The van der Waals surface area contributed by atoms with Crippen molar-refractivity contribution in [2.24, 2.45) is 0 Å². The molecule has 1 aromatic heterocycles. The number of carbonyl (C=O) groups is 3. The monoisotopic (exact) mass is 487 g/mol. The molecule has 1 aromatic carbocycles. The molecule has 10 heteroatoms. The van der Waals surface area contributed by atoms with Gasteiger partial charge in [0, 0.05) is 55.3 Å². The predicted octanol–water partition coefficient (Wildman–Crippen LogP) is 3.96. The minimum Gasteiger partial charge on any atom is -0.461 e. The van der Waals surface area contributed by atoms with Crippen LogP contribution < -0.4 is 0 Å². The third-order valence-electron chi connectivity index (χ3n) is 5.68. The molecule has 2 aromatic rings. The molecule has 1 amide bonds. The van der Waals surface area contributed by atoms with Crippen LogP contribution in [0.4, 0.5) is 5.69 Å². The topological polar surface area (TPSA) is 121 Å². The molecule has 0 aliphatic heterocycles. The van der Waals surface area contributed by atoms with E-state index in [1.165, 1.54) is 29.2 Å². The third-order valence-corrected chi connectivity index (χ3v) is 5.68. The fourth-order valence-corrected chi connectivity index (χ4v) is 4.11. The second-order valence-electron chi connectivity index (χ2n) is 7.91. The van der Waals surface area contributed by atoms with Gasteiger partial charge in [-0.3, -0.25) is 19.7 Å². The summed E-state index contributed by atoms with van der Waals surface area (Å²) in [6.07, 6.45) is 0.490. The Morgan fingerprint density at radius 1 is 1.11 bits per heavy atom. The van der Waals surface area contributed by atoms with E-state index in [9.17, 15) is 24.5 Å². The highest BCUT2D eigenvalue weighted by Crippen LogP contribution is 2.25. The number of nitrogens with zero attached hydrogens (tertiary/aromatic N) is 3. The number of rotatable bonds is 13. The summed E-state index contributed by atoms with van der Waals surface area (Å²) < 4.78 is 12.3. The molecule has 0 atom stereocenters. The number of carbonyl (C=O) groups excluding carboxylic acids is 3. The van der Waals surface area contributed by atoms with Crippen molar-refractivity contribution in [3.05, 3.63) is 62.5 Å². The fraction of sp³-hybridized carbons (Fsp3) is 0.480. The molecule has 35 heavy (non-hydrogen) atoms. The Bertz CT molecular complexity index is 1090. The van der Waals surface area contributed by atoms with Gasteiger partial charge in [-0.05, 0) is 52.7 Å². The maximum atomic E-state index is 13.5. The molecule has 0 aliphatic rings. The lowest BCUT2D eigenvalue weighted by molar-refractivity contribution is -0.384. The summed E-state index contributed by atoms with van der Waals surface area (Å²) >= 11 is 0. The fourth-order valence-electron chi connectivity index (χ4n) is 4.11. The zero-order chi connectivity index (χ0) is 26.1. The van der Waals surface area contributed by atoms with Crippen molar-refractivity contribution in [3.63, 3.8) is 0 Å². The average molecular weight is 488 g/mol. The molecule has 0 spiro atoms. The Morgan fingerprint density at radius 2 is 1.83 bits per heavy atom. The SMILES string of the molecule is CCOCCCN(CC(=O)c1c(C)c(C(=O)OCC)n(CC)c1C)C(=O)c1cccc([N+](=O)[O-])c1. The summed E-state index contributed by atoms with van der Waals surface area (Å²) in [5.41, 5.74) is 1.73. The summed E-state index contributed by atoms with van der Waals surface area (Å²) in [5, 5.41) is 11.2. The van der Waals surface area contributed by atoms with Crippen molar-refractivity contribution < 1.29 is 28.8 Å². The number of amides is 1. The zero-order valence-electron chi connectivity index (χ0n) is 21.0. The number of nitro groups is 1. The van der Waals surface area contributed by atoms with E-state index in [4.69, 9.17) is 9.47 Å². The molecular weight excluding hydrogens is 454 g/mol. The number of nitro benzene ring substituents is 1. The standard InChI is InChI=1S/C25H33N3O7/c1-6-27-18(5)22(17(4)23(27)25(31)35-8-3)21(29)16-26(13-10-14-34-7-2)24(30)19-11-9-12-20(15-19)28(32)33/h9,11-12,15H,6-8,10,13-14,16H2,1-5H3. The average Bonchev–Trinajstić information content (AvgIpc) is 3.09. The summed E-state index contributed by atoms with van der Waals surface area (Å²) in [5.74, 6) is -1.32. The Morgan fingerprint density at radius 3 is 2.43 bits per heavy atom. The van der Waals surface area contributed by atoms with Crippen LogP contribution in [0, 0.1) is 24.0 Å². The first kappa shape index (κ1) is 27.7. The zero-order valence-corrected chi connectivity index (χ0v) is 21.0. The maximum absolute atomic E-state index is 13.5. The number of aromatic nitrogens is 1. The van der Waals surface area contributed by atoms with E-state index in [2.05, 4.69) is 0 Å². The van der Waals surface area contributed by atoms with Gasteiger partial charge in [0.15, 0.2) is 5.78 Å². The van der Waals surface area contributed by atoms with Crippen LogP contribution in [0.25, 0.3) is 0 Å². The predicted molar refractivity (Wildman–Crippen MR) is 130 cm³/mol. The number of ether oxygens (including phenoxy) is 2. The molecule has 0 saturated carbocycles. The van der Waals surface area contributed by atoms with Crippen molar-refractivity contribution in [2.45, 2.75) is 47.6 Å². The maximum Gasteiger partial charge on any atom is 0.355 e. The molecule has 0 aliphatic carbocycles. The van der Waals surface area contributed by atoms with Gasteiger partial charge in [-0.25, -0.2) is 4.79 Å². The molecule has 2 rings (SSSR count). The van der Waals surface area contributed by atoms with E-state index in [0.717, 1.165) is 0 Å². The molecule has 0 unspecified atom stereocenters. The number of hydrogen-bond donors (Lipinski definition) is 0. The van der Waals surface area contributed by atoms with Gasteiger partial charge in [0.2, 0.25) is 0 Å². The lowest BCUT2D eigenvalue weighted by atomic mass is 10.0. The molecule has 1 heterocycles. The third kappa shape index (κ3) is 6.54. The van der Waals surface area contributed by atoms with Crippen molar-refractivity contribution >= 4 is 23.3 Å². The smallest absolute Gasteiger partial charge is 0.355 e. The van der Waals surface area contributed by atoms with Crippen LogP contribution in [0.5, 0.6) is 0 Å². The number of benzene rings is 1. The van der Waals surface area contributed by atoms with E-state index in [1.807, 2.05) is 13.8 Å². The molecule has 0 bridgehead atoms. The molecule has 10 nitrogen and oxygen atoms in total. The summed E-state index contributed by atoms with van der Waals surface area (Å²) in [6, 6.07) is 5.43. The van der Waals surface area contributed by atoms with E-state index in [-0.39, 0.29) is 36.7 Å². The normalized spacial score (nSPS) is 10.8. The number of esters is 1. The van der Waals surface area contributed by atoms with Crippen LogP contribution in [0.1, 0.15) is 69.7 Å². The summed E-state index contributed by atoms with van der Waals surface area (Å²) in [4.78, 5) is 51.2. The van der Waals surface area contributed by atoms with E-state index in [0.29, 0.717) is 48.7 Å². The minimum atomic E-state index is -0.571. The second kappa shape index (κ2) is 12.8. The Hall–Kier alpha value is -3.53. The number of non-ortho nitro benzene ring substituents is 1. The van der Waals surface area contributed by atoms with Gasteiger partial charge in [-0.15, -0.1) is 0 Å². The van der Waals surface area contributed by atoms with Gasteiger partial charge in [0.1, 0.15) is 5.69 Å². The van der Waals surface area contributed by atoms with Gasteiger partial charge >= 0.3 is 5.97 Å². The van der Waals surface area contributed by atoms with E-state index >= 15 is 0 Å². The van der Waals surface area contributed by atoms with Crippen LogP contribution in [0.3, 0.4) is 0 Å². The number of hydrogen-bond acceptors (Lipinski definition) is 7. The molecular formula is C25H33N3O7. The highest BCUT2D eigenvalue weighted by atomic mass is 16.6. The first-order chi connectivity index (χ1) is 16.7. The Balaban J connectivity index is 2.40. The number of Topliss-reactive ketones (excluding diaryl/α,β-unsaturated/α-hetero) is 1. The van der Waals surface area contributed by atoms with Crippen LogP contribution >= 0.6 is 0 Å². The van der Waals surface area contributed by atoms with Gasteiger partial charge in [0.25, 0.3) is 11.6 Å². The lowest BCUT2D eigenvalue weighted by Crippen LogP contribution is -2.37. The van der Waals surface area contributed by atoms with Crippen molar-refractivity contribution in [3.8, 4) is 0 Å². The van der Waals surface area contributed by atoms with Gasteiger partial charge in [-0.1, -0.05) is 6.07 Å². The first-order valence-corrected chi connectivity index (χ1v) is 11.7. The van der Waals surface area contributed by atoms with Gasteiger partial charge in [0.05, 0.1) is 18.1 Å². The molecule has 190 valence electrons. The molecule has 0 radical (unpaired) electrons. The van der Waals surface area contributed by atoms with Crippen LogP contribution in [0.2, 0.25) is 0 Å². The summed E-state index contributed by atoms with van der Waals surface area (Å²) in [7, 11) is 0. The van der Waals surface area contributed by atoms with Gasteiger partial charge < -0.3 is 18.9 Å². The van der Waals surface area contributed by atoms with Crippen LogP contribution in [0.15, 0.2) is 24.3 Å². The molecule has 0 fully saturated rings. The van der Waals surface area contributed by atoms with Crippen molar-refractivity contribution in [1.29, 1.82) is 0 Å². The minimum absolute atomic E-state index is 0.121. The largest absolute Gasteiger partial charge is 0.461 e. The highest BCUT2D eigenvalue weighted by Gasteiger charge is 2.29. The first-order valence-electron chi connectivity index (χ1n) is 11.7. The van der Waals surface area contributed by atoms with Crippen LogP contribution in [-0.4, -0.2) is 65.0 Å². The lowest BCUT2D eigenvalue weighted by Gasteiger charge is -2.22. The van der Waals surface area contributed by atoms with E-state index < -0.39 is 16.8 Å². The van der Waals surface area contributed by atoms with Crippen LogP contribution in [-0.2, 0) is 16.0 Å². The molecule has 0 N–H and O–H groups in total. The van der Waals surface area contributed by atoms with Crippen molar-refractivity contribution in [2.75, 3.05) is 32.9 Å². The summed E-state index contributed by atoms with van der Waals surface area (Å²) in [6.45, 7) is 10.5. The Labute approximate surface area is 205 Å². The van der Waals surface area contributed by atoms with Gasteiger partial charge in [-0.2, -0.15) is 0 Å². The second-order valence-corrected chi connectivity index (χ2v) is 7.91. The highest BCUT2D eigenvalue weighted by molar-refractivity contribution is 6.06. The Kier molecular flexibility index (Phi) is 10.1. The number of ketones is 1. The van der Waals surface area contributed by atoms with Crippen molar-refractivity contribution in [1.82, 2.24) is 9.47 Å². The molecule has 0 saturated heterocycles.